The first-order chi connectivity index (χ1) is 13.6. The van der Waals surface area contributed by atoms with Crippen LogP contribution in [0.4, 0.5) is 9.18 Å². The van der Waals surface area contributed by atoms with Crippen LogP contribution in [0.5, 0.6) is 5.75 Å². The monoisotopic (exact) mass is 381 g/mol. The molecule has 1 unspecified atom stereocenters. The zero-order valence-corrected chi connectivity index (χ0v) is 15.2. The SMILES string of the molecule is O=C1NC(Cc2c[nH]c3ccccc23)C(=O)N1CCCOc1ccc(F)cc1. The van der Waals surface area contributed by atoms with Crippen LogP contribution >= 0.6 is 0 Å². The summed E-state index contributed by atoms with van der Waals surface area (Å²) in [7, 11) is 0. The molecule has 2 heterocycles. The minimum Gasteiger partial charge on any atom is -0.494 e. The number of halogens is 1. The molecule has 1 atom stereocenters. The number of rotatable bonds is 7. The minimum absolute atomic E-state index is 0.225. The van der Waals surface area contributed by atoms with Gasteiger partial charge in [-0.25, -0.2) is 9.18 Å². The lowest BCUT2D eigenvalue weighted by atomic mass is 10.1. The molecule has 28 heavy (non-hydrogen) atoms. The van der Waals surface area contributed by atoms with Gasteiger partial charge in [-0.05, 0) is 42.3 Å². The zero-order chi connectivity index (χ0) is 19.5. The molecule has 1 aliphatic heterocycles. The summed E-state index contributed by atoms with van der Waals surface area (Å²) in [5, 5.41) is 3.81. The third-order valence-electron chi connectivity index (χ3n) is 4.81. The van der Waals surface area contributed by atoms with Gasteiger partial charge in [0, 0.05) is 30.1 Å². The minimum atomic E-state index is -0.565. The number of aromatic nitrogens is 1. The lowest BCUT2D eigenvalue weighted by molar-refractivity contribution is -0.127. The number of urea groups is 1. The number of nitrogens with zero attached hydrogens (tertiary/aromatic N) is 1. The maximum atomic E-state index is 12.9. The van der Waals surface area contributed by atoms with Crippen molar-refractivity contribution < 1.29 is 18.7 Å². The van der Waals surface area contributed by atoms with Crippen molar-refractivity contribution in [1.82, 2.24) is 15.2 Å². The molecule has 4 rings (SSSR count). The van der Waals surface area contributed by atoms with Crippen LogP contribution in [0.2, 0.25) is 0 Å². The number of ether oxygens (including phenoxy) is 1. The van der Waals surface area contributed by atoms with Crippen LogP contribution < -0.4 is 10.1 Å². The number of H-pyrrole nitrogens is 1. The number of hydrogen-bond donors (Lipinski definition) is 2. The van der Waals surface area contributed by atoms with Crippen LogP contribution in [0.1, 0.15) is 12.0 Å². The molecule has 0 radical (unpaired) electrons. The second-order valence-corrected chi connectivity index (χ2v) is 6.71. The Morgan fingerprint density at radius 1 is 1.07 bits per heavy atom. The van der Waals surface area contributed by atoms with Gasteiger partial charge in [0.2, 0.25) is 0 Å². The number of hydrogen-bond acceptors (Lipinski definition) is 3. The highest BCUT2D eigenvalue weighted by atomic mass is 19.1. The molecule has 0 saturated carbocycles. The van der Waals surface area contributed by atoms with E-state index in [0.717, 1.165) is 16.5 Å². The highest BCUT2D eigenvalue weighted by Crippen LogP contribution is 2.21. The Bertz CT molecular complexity index is 1000. The number of aromatic amines is 1. The van der Waals surface area contributed by atoms with E-state index >= 15 is 0 Å². The van der Waals surface area contributed by atoms with E-state index in [4.69, 9.17) is 4.74 Å². The molecular formula is C21H20FN3O3. The third kappa shape index (κ3) is 3.69. The Hall–Kier alpha value is -3.35. The van der Waals surface area contributed by atoms with Crippen molar-refractivity contribution in [3.05, 3.63) is 66.1 Å². The van der Waals surface area contributed by atoms with Crippen molar-refractivity contribution in [2.45, 2.75) is 18.9 Å². The summed E-state index contributed by atoms with van der Waals surface area (Å²) in [6.45, 7) is 0.603. The van der Waals surface area contributed by atoms with Crippen molar-refractivity contribution in [1.29, 1.82) is 0 Å². The van der Waals surface area contributed by atoms with Gasteiger partial charge in [0.25, 0.3) is 5.91 Å². The number of fused-ring (bicyclic) bond motifs is 1. The van der Waals surface area contributed by atoms with Crippen molar-refractivity contribution in [3.63, 3.8) is 0 Å². The van der Waals surface area contributed by atoms with Crippen molar-refractivity contribution in [2.75, 3.05) is 13.2 Å². The molecule has 1 aliphatic rings. The summed E-state index contributed by atoms with van der Waals surface area (Å²) >= 11 is 0. The molecule has 3 amide bonds. The first-order valence-electron chi connectivity index (χ1n) is 9.17. The van der Waals surface area contributed by atoms with Crippen molar-refractivity contribution >= 4 is 22.8 Å². The van der Waals surface area contributed by atoms with E-state index in [0.29, 0.717) is 25.2 Å². The van der Waals surface area contributed by atoms with Gasteiger partial charge in [0.05, 0.1) is 6.61 Å². The predicted molar refractivity (Wildman–Crippen MR) is 103 cm³/mol. The molecule has 1 aromatic heterocycles. The van der Waals surface area contributed by atoms with E-state index in [1.165, 1.54) is 17.0 Å². The summed E-state index contributed by atoms with van der Waals surface area (Å²) in [5.41, 5.74) is 2.00. The number of carbonyl (C=O) groups excluding carboxylic acids is 2. The fourth-order valence-electron chi connectivity index (χ4n) is 3.39. The third-order valence-corrected chi connectivity index (χ3v) is 4.81. The van der Waals surface area contributed by atoms with E-state index < -0.39 is 6.04 Å². The van der Waals surface area contributed by atoms with Crippen LogP contribution in [0, 0.1) is 5.82 Å². The summed E-state index contributed by atoms with van der Waals surface area (Å²) in [6, 6.07) is 12.6. The summed E-state index contributed by atoms with van der Waals surface area (Å²) < 4.78 is 18.4. The molecule has 3 aromatic rings. The molecule has 0 aliphatic carbocycles. The average Bonchev–Trinajstić information content (AvgIpc) is 3.22. The average molecular weight is 381 g/mol. The van der Waals surface area contributed by atoms with Crippen LogP contribution in [0.3, 0.4) is 0 Å². The Kier molecular flexibility index (Phi) is 4.97. The number of para-hydroxylation sites is 1. The Morgan fingerprint density at radius 2 is 1.86 bits per heavy atom. The standard InChI is InChI=1S/C21H20FN3O3/c22-15-6-8-16(9-7-15)28-11-3-10-25-20(26)19(24-21(25)27)12-14-13-23-18-5-2-1-4-17(14)18/h1-2,4-9,13,19,23H,3,10-12H2,(H,24,27). The van der Waals surface area contributed by atoms with Crippen LogP contribution in [-0.4, -0.2) is 41.0 Å². The van der Waals surface area contributed by atoms with Gasteiger partial charge in [0.15, 0.2) is 0 Å². The number of imide groups is 1. The van der Waals surface area contributed by atoms with Gasteiger partial charge < -0.3 is 15.0 Å². The summed E-state index contributed by atoms with van der Waals surface area (Å²) in [6.07, 6.45) is 2.82. The van der Waals surface area contributed by atoms with E-state index in [-0.39, 0.29) is 24.3 Å². The van der Waals surface area contributed by atoms with Gasteiger partial charge in [-0.1, -0.05) is 18.2 Å². The Morgan fingerprint density at radius 3 is 2.68 bits per heavy atom. The Labute approximate surface area is 161 Å². The second-order valence-electron chi connectivity index (χ2n) is 6.71. The molecule has 144 valence electrons. The highest BCUT2D eigenvalue weighted by Gasteiger charge is 2.37. The summed E-state index contributed by atoms with van der Waals surface area (Å²) in [4.78, 5) is 29.2. The number of carbonyl (C=O) groups is 2. The lowest BCUT2D eigenvalue weighted by Crippen LogP contribution is -2.33. The number of nitrogens with one attached hydrogen (secondary N) is 2. The van der Waals surface area contributed by atoms with E-state index in [1.54, 1.807) is 12.1 Å². The first kappa shape index (κ1) is 18.0. The number of amides is 3. The molecule has 6 nitrogen and oxygen atoms in total. The zero-order valence-electron chi connectivity index (χ0n) is 15.2. The van der Waals surface area contributed by atoms with Crippen LogP contribution in [0.25, 0.3) is 10.9 Å². The van der Waals surface area contributed by atoms with Crippen LogP contribution in [-0.2, 0) is 11.2 Å². The first-order valence-corrected chi connectivity index (χ1v) is 9.17. The lowest BCUT2D eigenvalue weighted by Gasteiger charge is -2.13. The largest absolute Gasteiger partial charge is 0.494 e. The van der Waals surface area contributed by atoms with Crippen LogP contribution in [0.15, 0.2) is 54.7 Å². The van der Waals surface area contributed by atoms with Gasteiger partial charge in [-0.15, -0.1) is 0 Å². The normalized spacial score (nSPS) is 16.6. The quantitative estimate of drug-likeness (QED) is 0.487. The second kappa shape index (κ2) is 7.72. The summed E-state index contributed by atoms with van der Waals surface area (Å²) in [5.74, 6) is 0.000743. The predicted octanol–water partition coefficient (Wildman–Crippen LogP) is 3.24. The van der Waals surface area contributed by atoms with E-state index in [9.17, 15) is 14.0 Å². The smallest absolute Gasteiger partial charge is 0.324 e. The molecule has 2 N–H and O–H groups in total. The maximum absolute atomic E-state index is 12.9. The number of benzene rings is 2. The van der Waals surface area contributed by atoms with Gasteiger partial charge >= 0.3 is 6.03 Å². The van der Waals surface area contributed by atoms with Crippen molar-refractivity contribution in [2.24, 2.45) is 0 Å². The fraction of sp³-hybridized carbons (Fsp3) is 0.238. The molecule has 0 spiro atoms. The topological polar surface area (TPSA) is 74.4 Å². The maximum Gasteiger partial charge on any atom is 0.324 e. The molecular weight excluding hydrogens is 361 g/mol. The van der Waals surface area contributed by atoms with Gasteiger partial charge in [0.1, 0.15) is 17.6 Å². The fourth-order valence-corrected chi connectivity index (χ4v) is 3.39. The molecule has 1 fully saturated rings. The van der Waals surface area contributed by atoms with E-state index in [2.05, 4.69) is 10.3 Å². The molecule has 0 bridgehead atoms. The van der Waals surface area contributed by atoms with Gasteiger partial charge in [-0.2, -0.15) is 0 Å². The van der Waals surface area contributed by atoms with Gasteiger partial charge in [-0.3, -0.25) is 9.69 Å². The van der Waals surface area contributed by atoms with Crippen molar-refractivity contribution in [3.8, 4) is 5.75 Å². The molecule has 2 aromatic carbocycles. The Balaban J connectivity index is 1.31. The van der Waals surface area contributed by atoms with E-state index in [1.807, 2.05) is 30.5 Å². The highest BCUT2D eigenvalue weighted by molar-refractivity contribution is 6.04. The molecule has 7 heteroatoms. The molecule has 1 saturated heterocycles.